The predicted molar refractivity (Wildman–Crippen MR) is 40.6 cm³/mol. The number of hydrogen-bond donors (Lipinski definition) is 0. The van der Waals surface area contributed by atoms with Crippen molar-refractivity contribution in [1.82, 2.24) is 4.98 Å². The van der Waals surface area contributed by atoms with Gasteiger partial charge >= 0.3 is 0 Å². The molecule has 2 nitrogen and oxygen atoms in total. The number of rotatable bonds is 1. The van der Waals surface area contributed by atoms with Crippen molar-refractivity contribution < 1.29 is 4.74 Å². The zero-order chi connectivity index (χ0) is 6.97. The van der Waals surface area contributed by atoms with E-state index in [-0.39, 0.29) is 0 Å². The molecular formula is C7H6BrNO. The second kappa shape index (κ2) is 2.32. The van der Waals surface area contributed by atoms with Gasteiger partial charge in [-0.1, -0.05) is 0 Å². The van der Waals surface area contributed by atoms with Crippen molar-refractivity contribution in [3.05, 3.63) is 28.5 Å². The van der Waals surface area contributed by atoms with Crippen LogP contribution in [0.25, 0.3) is 0 Å². The van der Waals surface area contributed by atoms with Crippen LogP contribution in [0.4, 0.5) is 0 Å². The lowest BCUT2D eigenvalue weighted by atomic mass is 10.2. The molecule has 3 heteroatoms. The summed E-state index contributed by atoms with van der Waals surface area (Å²) in [5.41, 5.74) is 1.20. The van der Waals surface area contributed by atoms with Crippen LogP contribution in [0, 0.1) is 0 Å². The average molecular weight is 200 g/mol. The number of pyridine rings is 1. The first kappa shape index (κ1) is 6.31. The van der Waals surface area contributed by atoms with Gasteiger partial charge in [0.15, 0.2) is 0 Å². The van der Waals surface area contributed by atoms with Crippen LogP contribution in [0.3, 0.4) is 0 Å². The smallest absolute Gasteiger partial charge is 0.107 e. The molecule has 0 amide bonds. The number of epoxide rings is 1. The molecule has 0 radical (unpaired) electrons. The van der Waals surface area contributed by atoms with Crippen molar-refractivity contribution in [1.29, 1.82) is 0 Å². The molecule has 1 aromatic rings. The highest BCUT2D eigenvalue weighted by atomic mass is 79.9. The first-order chi connectivity index (χ1) is 4.88. The molecule has 2 rings (SSSR count). The quantitative estimate of drug-likeness (QED) is 0.647. The van der Waals surface area contributed by atoms with Crippen LogP contribution in [-0.4, -0.2) is 11.6 Å². The zero-order valence-electron chi connectivity index (χ0n) is 5.25. The highest BCUT2D eigenvalue weighted by Gasteiger charge is 2.26. The number of nitrogens with zero attached hydrogens (tertiary/aromatic N) is 1. The van der Waals surface area contributed by atoms with Gasteiger partial charge in [-0.15, -0.1) is 0 Å². The summed E-state index contributed by atoms with van der Waals surface area (Å²) in [7, 11) is 0. The maximum atomic E-state index is 5.12. The molecule has 0 aromatic carbocycles. The van der Waals surface area contributed by atoms with Gasteiger partial charge in [-0.05, 0) is 22.0 Å². The molecule has 1 aliphatic rings. The molecule has 1 fully saturated rings. The van der Waals surface area contributed by atoms with E-state index in [1.54, 1.807) is 12.4 Å². The zero-order valence-corrected chi connectivity index (χ0v) is 6.84. The number of ether oxygens (including phenoxy) is 1. The first-order valence-corrected chi connectivity index (χ1v) is 3.88. The van der Waals surface area contributed by atoms with E-state index in [1.165, 1.54) is 5.56 Å². The summed E-state index contributed by atoms with van der Waals surface area (Å²) < 4.78 is 6.16. The van der Waals surface area contributed by atoms with Crippen molar-refractivity contribution in [2.75, 3.05) is 6.61 Å². The standard InChI is InChI=1S/C7H6BrNO/c8-6-3-9-2-1-5(6)7-4-10-7/h1-3,7H,4H2/t7-/m1/s1. The molecule has 10 heavy (non-hydrogen) atoms. The largest absolute Gasteiger partial charge is 0.368 e. The second-order valence-electron chi connectivity index (χ2n) is 2.22. The van der Waals surface area contributed by atoms with E-state index in [9.17, 15) is 0 Å². The molecule has 0 saturated carbocycles. The van der Waals surface area contributed by atoms with Crippen LogP contribution in [0.2, 0.25) is 0 Å². The molecule has 1 aromatic heterocycles. The lowest BCUT2D eigenvalue weighted by Gasteiger charge is -1.95. The van der Waals surface area contributed by atoms with Crippen LogP contribution in [0.5, 0.6) is 0 Å². The van der Waals surface area contributed by atoms with Gasteiger partial charge in [0.2, 0.25) is 0 Å². The Morgan fingerprint density at radius 1 is 1.70 bits per heavy atom. The van der Waals surface area contributed by atoms with E-state index in [0.29, 0.717) is 6.10 Å². The number of halogens is 1. The van der Waals surface area contributed by atoms with E-state index in [0.717, 1.165) is 11.1 Å². The van der Waals surface area contributed by atoms with Crippen LogP contribution in [0.15, 0.2) is 22.9 Å². The maximum absolute atomic E-state index is 5.12. The minimum atomic E-state index is 0.317. The molecular weight excluding hydrogens is 194 g/mol. The Hall–Kier alpha value is -0.410. The summed E-state index contributed by atoms with van der Waals surface area (Å²) in [5, 5.41) is 0. The van der Waals surface area contributed by atoms with Gasteiger partial charge in [-0.3, -0.25) is 4.98 Å². The third-order valence-corrected chi connectivity index (χ3v) is 2.15. The van der Waals surface area contributed by atoms with Crippen molar-refractivity contribution in [3.8, 4) is 0 Å². The third-order valence-electron chi connectivity index (χ3n) is 1.48. The summed E-state index contributed by atoms with van der Waals surface area (Å²) in [6.07, 6.45) is 3.89. The molecule has 0 unspecified atom stereocenters. The number of aromatic nitrogens is 1. The van der Waals surface area contributed by atoms with Crippen molar-refractivity contribution in [2.45, 2.75) is 6.10 Å². The summed E-state index contributed by atoms with van der Waals surface area (Å²) in [5.74, 6) is 0. The molecule has 1 atom stereocenters. The van der Waals surface area contributed by atoms with Gasteiger partial charge in [0.1, 0.15) is 6.10 Å². The van der Waals surface area contributed by atoms with Crippen LogP contribution in [-0.2, 0) is 4.74 Å². The Labute approximate surface area is 67.4 Å². The topological polar surface area (TPSA) is 25.4 Å². The Kier molecular flexibility index (Phi) is 1.47. The fourth-order valence-corrected chi connectivity index (χ4v) is 1.38. The average Bonchev–Trinajstić information content (AvgIpc) is 2.71. The third kappa shape index (κ3) is 1.07. The molecule has 1 saturated heterocycles. The first-order valence-electron chi connectivity index (χ1n) is 3.09. The maximum Gasteiger partial charge on any atom is 0.107 e. The molecule has 0 N–H and O–H groups in total. The molecule has 0 spiro atoms. The Morgan fingerprint density at radius 3 is 3.10 bits per heavy atom. The van der Waals surface area contributed by atoms with Gasteiger partial charge in [-0.2, -0.15) is 0 Å². The van der Waals surface area contributed by atoms with Crippen molar-refractivity contribution in [2.24, 2.45) is 0 Å². The highest BCUT2D eigenvalue weighted by Crippen LogP contribution is 2.33. The minimum absolute atomic E-state index is 0.317. The monoisotopic (exact) mass is 199 g/mol. The molecule has 2 heterocycles. The molecule has 52 valence electrons. The summed E-state index contributed by atoms with van der Waals surface area (Å²) in [4.78, 5) is 3.95. The fourth-order valence-electron chi connectivity index (χ4n) is 0.875. The summed E-state index contributed by atoms with van der Waals surface area (Å²) >= 11 is 3.39. The lowest BCUT2D eigenvalue weighted by Crippen LogP contribution is -1.82. The van der Waals surface area contributed by atoms with Gasteiger partial charge < -0.3 is 4.74 Å². The Balaban J connectivity index is 2.39. The van der Waals surface area contributed by atoms with Crippen LogP contribution < -0.4 is 0 Å². The van der Waals surface area contributed by atoms with Gasteiger partial charge in [0.05, 0.1) is 6.61 Å². The van der Waals surface area contributed by atoms with Crippen LogP contribution >= 0.6 is 15.9 Å². The van der Waals surface area contributed by atoms with E-state index >= 15 is 0 Å². The van der Waals surface area contributed by atoms with Gasteiger partial charge in [-0.25, -0.2) is 0 Å². The molecule has 0 bridgehead atoms. The molecule has 0 aliphatic carbocycles. The highest BCUT2D eigenvalue weighted by molar-refractivity contribution is 9.10. The SMILES string of the molecule is Brc1cnccc1[C@H]1CO1. The molecule has 1 aliphatic heterocycles. The van der Waals surface area contributed by atoms with E-state index < -0.39 is 0 Å². The van der Waals surface area contributed by atoms with E-state index in [2.05, 4.69) is 20.9 Å². The Morgan fingerprint density at radius 2 is 2.50 bits per heavy atom. The van der Waals surface area contributed by atoms with Gasteiger partial charge in [0.25, 0.3) is 0 Å². The predicted octanol–water partition coefficient (Wildman–Crippen LogP) is 1.92. The normalized spacial score (nSPS) is 22.7. The minimum Gasteiger partial charge on any atom is -0.368 e. The summed E-state index contributed by atoms with van der Waals surface area (Å²) in [6.45, 7) is 0.850. The second-order valence-corrected chi connectivity index (χ2v) is 3.07. The van der Waals surface area contributed by atoms with Crippen molar-refractivity contribution >= 4 is 15.9 Å². The lowest BCUT2D eigenvalue weighted by molar-refractivity contribution is 0.415. The van der Waals surface area contributed by atoms with Crippen molar-refractivity contribution in [3.63, 3.8) is 0 Å². The van der Waals surface area contributed by atoms with E-state index in [1.807, 2.05) is 6.07 Å². The Bertz CT molecular complexity index is 247. The number of hydrogen-bond acceptors (Lipinski definition) is 2. The summed E-state index contributed by atoms with van der Waals surface area (Å²) in [6, 6.07) is 1.97. The van der Waals surface area contributed by atoms with Crippen LogP contribution in [0.1, 0.15) is 11.7 Å². The van der Waals surface area contributed by atoms with E-state index in [4.69, 9.17) is 4.74 Å². The van der Waals surface area contributed by atoms with Gasteiger partial charge in [0, 0.05) is 22.4 Å². The fraction of sp³-hybridized carbons (Fsp3) is 0.286.